The predicted molar refractivity (Wildman–Crippen MR) is 54.3 cm³/mol. The van der Waals surface area contributed by atoms with Crippen LogP contribution in [0.1, 0.15) is 5.56 Å². The first kappa shape index (κ1) is 9.67. The molecule has 0 aliphatic carbocycles. The normalized spacial score (nSPS) is 10.5. The van der Waals surface area contributed by atoms with Gasteiger partial charge >= 0.3 is 0 Å². The number of carbonyl (C=O) groups is 1. The van der Waals surface area contributed by atoms with E-state index in [1.165, 1.54) is 12.1 Å². The van der Waals surface area contributed by atoms with E-state index in [9.17, 15) is 9.18 Å². The number of hydrogen-bond donors (Lipinski definition) is 3. The van der Waals surface area contributed by atoms with E-state index in [2.05, 4.69) is 4.98 Å². The molecular weight excluding hydrogens is 197 g/mol. The second-order valence-electron chi connectivity index (χ2n) is 3.25. The molecule has 0 fully saturated rings. The Morgan fingerprint density at radius 1 is 1.53 bits per heavy atom. The first-order chi connectivity index (χ1) is 7.20. The topological polar surface area (TPSA) is 70.9 Å². The lowest BCUT2D eigenvalue weighted by atomic mass is 10.1. The van der Waals surface area contributed by atoms with Crippen molar-refractivity contribution in [3.05, 3.63) is 35.8 Å². The van der Waals surface area contributed by atoms with Gasteiger partial charge in [-0.1, -0.05) is 0 Å². The van der Waals surface area contributed by atoms with Crippen LogP contribution in [0.2, 0.25) is 0 Å². The summed E-state index contributed by atoms with van der Waals surface area (Å²) in [6.45, 7) is 0. The summed E-state index contributed by atoms with van der Waals surface area (Å²) < 4.78 is 13.0. The van der Waals surface area contributed by atoms with E-state index < -0.39 is 0 Å². The van der Waals surface area contributed by atoms with Gasteiger partial charge in [0.05, 0.1) is 6.42 Å². The zero-order chi connectivity index (χ0) is 10.8. The third-order valence-corrected chi connectivity index (χ3v) is 2.24. The summed E-state index contributed by atoms with van der Waals surface area (Å²) in [7, 11) is 0. The fourth-order valence-electron chi connectivity index (χ4n) is 1.52. The second kappa shape index (κ2) is 3.70. The Kier molecular flexibility index (Phi) is 2.39. The number of hydrogen-bond acceptors (Lipinski definition) is 2. The maximum absolute atomic E-state index is 13.0. The summed E-state index contributed by atoms with van der Waals surface area (Å²) in [5, 5.41) is 0.707. The van der Waals surface area contributed by atoms with Crippen LogP contribution in [0.4, 0.5) is 4.39 Å². The number of hydrazine groups is 1. The summed E-state index contributed by atoms with van der Waals surface area (Å²) in [6.07, 6.45) is 1.82. The van der Waals surface area contributed by atoms with Gasteiger partial charge in [-0.05, 0) is 23.8 Å². The number of nitrogens with one attached hydrogen (secondary N) is 2. The lowest BCUT2D eigenvalue weighted by molar-refractivity contribution is -0.120. The highest BCUT2D eigenvalue weighted by molar-refractivity contribution is 5.88. The van der Waals surface area contributed by atoms with E-state index in [0.29, 0.717) is 5.39 Å². The van der Waals surface area contributed by atoms with Gasteiger partial charge in [0.1, 0.15) is 5.82 Å². The molecule has 2 aromatic rings. The van der Waals surface area contributed by atoms with Crippen molar-refractivity contribution in [2.45, 2.75) is 6.42 Å². The van der Waals surface area contributed by atoms with Crippen LogP contribution in [-0.4, -0.2) is 10.9 Å². The summed E-state index contributed by atoms with van der Waals surface area (Å²) in [4.78, 5) is 14.0. The van der Waals surface area contributed by atoms with Crippen molar-refractivity contribution < 1.29 is 9.18 Å². The molecule has 0 saturated carbocycles. The smallest absolute Gasteiger partial charge is 0.238 e. The summed E-state index contributed by atoms with van der Waals surface area (Å²) in [5.74, 6) is 4.35. The molecule has 4 nitrogen and oxygen atoms in total. The monoisotopic (exact) mass is 207 g/mol. The van der Waals surface area contributed by atoms with Crippen molar-refractivity contribution >= 4 is 16.8 Å². The average molecular weight is 207 g/mol. The number of fused-ring (bicyclic) bond motifs is 1. The second-order valence-corrected chi connectivity index (χ2v) is 3.25. The number of rotatable bonds is 2. The van der Waals surface area contributed by atoms with Crippen LogP contribution in [0.15, 0.2) is 24.4 Å². The minimum Gasteiger partial charge on any atom is -0.361 e. The molecule has 0 unspecified atom stereocenters. The molecule has 1 aromatic carbocycles. The Morgan fingerprint density at radius 2 is 2.33 bits per heavy atom. The summed E-state index contributed by atoms with van der Waals surface area (Å²) in [5.41, 5.74) is 3.57. The van der Waals surface area contributed by atoms with Crippen LogP contribution in [0.25, 0.3) is 10.9 Å². The number of nitrogens with two attached hydrogens (primary N) is 1. The molecule has 78 valence electrons. The molecule has 0 atom stereocenters. The molecule has 15 heavy (non-hydrogen) atoms. The van der Waals surface area contributed by atoms with Crippen molar-refractivity contribution in [1.82, 2.24) is 10.4 Å². The van der Waals surface area contributed by atoms with Crippen molar-refractivity contribution in [3.8, 4) is 0 Å². The molecule has 1 amide bonds. The van der Waals surface area contributed by atoms with E-state index in [4.69, 9.17) is 5.84 Å². The van der Waals surface area contributed by atoms with Crippen molar-refractivity contribution in [3.63, 3.8) is 0 Å². The lowest BCUT2D eigenvalue weighted by Gasteiger charge is -1.98. The fourth-order valence-corrected chi connectivity index (χ4v) is 1.52. The first-order valence-corrected chi connectivity index (χ1v) is 4.45. The van der Waals surface area contributed by atoms with Gasteiger partial charge in [-0.2, -0.15) is 0 Å². The minimum atomic E-state index is -0.323. The van der Waals surface area contributed by atoms with Crippen molar-refractivity contribution in [2.24, 2.45) is 5.84 Å². The molecule has 0 bridgehead atoms. The summed E-state index contributed by atoms with van der Waals surface area (Å²) in [6, 6.07) is 4.39. The van der Waals surface area contributed by atoms with E-state index in [1.807, 2.05) is 5.43 Å². The number of H-pyrrole nitrogens is 1. The third kappa shape index (κ3) is 1.82. The molecule has 1 heterocycles. The van der Waals surface area contributed by atoms with Crippen LogP contribution < -0.4 is 11.3 Å². The van der Waals surface area contributed by atoms with Crippen molar-refractivity contribution in [1.29, 1.82) is 0 Å². The van der Waals surface area contributed by atoms with E-state index >= 15 is 0 Å². The Hall–Kier alpha value is -1.88. The molecule has 2 rings (SSSR count). The van der Waals surface area contributed by atoms with E-state index in [0.717, 1.165) is 11.1 Å². The van der Waals surface area contributed by atoms with Gasteiger partial charge in [-0.3, -0.25) is 10.2 Å². The average Bonchev–Trinajstić information content (AvgIpc) is 2.61. The Morgan fingerprint density at radius 3 is 3.07 bits per heavy atom. The standard InChI is InChI=1S/C10H10FN3O/c11-7-1-2-9-8(4-7)6(5-13-9)3-10(15)14-12/h1-2,4-5,13H,3,12H2,(H,14,15). The molecule has 1 aromatic heterocycles. The highest BCUT2D eigenvalue weighted by atomic mass is 19.1. The molecule has 0 aliphatic rings. The van der Waals surface area contributed by atoms with Gasteiger partial charge in [0.15, 0.2) is 0 Å². The van der Waals surface area contributed by atoms with E-state index in [-0.39, 0.29) is 18.1 Å². The van der Waals surface area contributed by atoms with Crippen LogP contribution in [-0.2, 0) is 11.2 Å². The highest BCUT2D eigenvalue weighted by Crippen LogP contribution is 2.19. The number of amides is 1. The van der Waals surface area contributed by atoms with Gasteiger partial charge in [0.25, 0.3) is 0 Å². The molecular formula is C10H10FN3O. The quantitative estimate of drug-likeness (QED) is 0.388. The maximum atomic E-state index is 13.0. The Bertz CT molecular complexity index is 506. The van der Waals surface area contributed by atoms with Crippen molar-refractivity contribution in [2.75, 3.05) is 0 Å². The molecule has 5 heteroatoms. The van der Waals surface area contributed by atoms with Crippen LogP contribution in [0.5, 0.6) is 0 Å². The van der Waals surface area contributed by atoms with E-state index in [1.54, 1.807) is 12.3 Å². The number of aromatic nitrogens is 1. The molecule has 0 aliphatic heterocycles. The van der Waals surface area contributed by atoms with Gasteiger partial charge in [-0.15, -0.1) is 0 Å². The Balaban J connectivity index is 2.43. The van der Waals surface area contributed by atoms with Crippen LogP contribution in [0.3, 0.4) is 0 Å². The zero-order valence-electron chi connectivity index (χ0n) is 7.88. The lowest BCUT2D eigenvalue weighted by Crippen LogP contribution is -2.31. The van der Waals surface area contributed by atoms with Gasteiger partial charge in [0, 0.05) is 17.1 Å². The van der Waals surface area contributed by atoms with Gasteiger partial charge in [-0.25, -0.2) is 10.2 Å². The number of benzene rings is 1. The SMILES string of the molecule is NNC(=O)Cc1c[nH]c2ccc(F)cc12. The largest absolute Gasteiger partial charge is 0.361 e. The molecule has 0 radical (unpaired) electrons. The van der Waals surface area contributed by atoms with Crippen LogP contribution >= 0.6 is 0 Å². The Labute approximate surface area is 85.2 Å². The maximum Gasteiger partial charge on any atom is 0.238 e. The number of carbonyl (C=O) groups excluding carboxylic acids is 1. The molecule has 0 spiro atoms. The van der Waals surface area contributed by atoms with Gasteiger partial charge < -0.3 is 4.98 Å². The zero-order valence-corrected chi connectivity index (χ0v) is 7.88. The number of halogens is 1. The minimum absolute atomic E-state index is 0.139. The molecule has 4 N–H and O–H groups in total. The number of aromatic amines is 1. The predicted octanol–water partition coefficient (Wildman–Crippen LogP) is 0.839. The highest BCUT2D eigenvalue weighted by Gasteiger charge is 2.08. The van der Waals surface area contributed by atoms with Crippen LogP contribution in [0, 0.1) is 5.82 Å². The first-order valence-electron chi connectivity index (χ1n) is 4.45. The van der Waals surface area contributed by atoms with Gasteiger partial charge in [0.2, 0.25) is 5.91 Å². The molecule has 0 saturated heterocycles. The third-order valence-electron chi connectivity index (χ3n) is 2.24. The fraction of sp³-hybridized carbons (Fsp3) is 0.100. The summed E-state index contributed by atoms with van der Waals surface area (Å²) >= 11 is 0.